The molecule has 1 aromatic carbocycles. The lowest BCUT2D eigenvalue weighted by molar-refractivity contribution is 1.21. The molecule has 0 aliphatic carbocycles. The molecule has 3 rings (SSSR count). The summed E-state index contributed by atoms with van der Waals surface area (Å²) < 4.78 is 0. The van der Waals surface area contributed by atoms with E-state index in [2.05, 4.69) is 25.3 Å². The van der Waals surface area contributed by atoms with E-state index in [4.69, 9.17) is 17.3 Å². The second-order valence-corrected chi connectivity index (χ2v) is 4.53. The van der Waals surface area contributed by atoms with Crippen molar-refractivity contribution in [3.63, 3.8) is 0 Å². The first kappa shape index (κ1) is 11.7. The maximum absolute atomic E-state index is 6.09. The summed E-state index contributed by atoms with van der Waals surface area (Å²) in [6, 6.07) is 5.68. The zero-order valence-electron chi connectivity index (χ0n) is 10.1. The molecule has 0 atom stereocenters. The molecular formula is C12H11ClN6. The molecule has 0 amide bonds. The van der Waals surface area contributed by atoms with Gasteiger partial charge in [0.25, 0.3) is 0 Å². The number of nitrogens with zero attached hydrogens (tertiary/aromatic N) is 3. The normalized spacial score (nSPS) is 10.8. The van der Waals surface area contributed by atoms with Crippen LogP contribution in [0.4, 0.5) is 17.5 Å². The van der Waals surface area contributed by atoms with Gasteiger partial charge in [-0.2, -0.15) is 9.97 Å². The number of aryl methyl sites for hydroxylation is 1. The van der Waals surface area contributed by atoms with Crippen LogP contribution in [0.3, 0.4) is 0 Å². The molecule has 0 fully saturated rings. The Hall–Kier alpha value is -2.34. The van der Waals surface area contributed by atoms with E-state index in [1.165, 1.54) is 0 Å². The van der Waals surface area contributed by atoms with Crippen LogP contribution in [-0.4, -0.2) is 19.9 Å². The first-order valence-corrected chi connectivity index (χ1v) is 6.01. The molecule has 0 saturated carbocycles. The van der Waals surface area contributed by atoms with Gasteiger partial charge in [-0.1, -0.05) is 17.7 Å². The van der Waals surface area contributed by atoms with Crippen molar-refractivity contribution in [2.75, 3.05) is 11.1 Å². The van der Waals surface area contributed by atoms with E-state index >= 15 is 0 Å². The Morgan fingerprint density at radius 2 is 2.16 bits per heavy atom. The quantitative estimate of drug-likeness (QED) is 0.668. The predicted molar refractivity (Wildman–Crippen MR) is 75.6 cm³/mol. The highest BCUT2D eigenvalue weighted by atomic mass is 35.5. The van der Waals surface area contributed by atoms with Crippen LogP contribution >= 0.6 is 11.6 Å². The third-order valence-electron chi connectivity index (χ3n) is 2.74. The maximum Gasteiger partial charge on any atom is 0.224 e. The Bertz CT molecular complexity index is 751. The van der Waals surface area contributed by atoms with Crippen LogP contribution in [-0.2, 0) is 0 Å². The molecule has 96 valence electrons. The third kappa shape index (κ3) is 2.17. The molecule has 0 spiro atoms. The van der Waals surface area contributed by atoms with E-state index in [-0.39, 0.29) is 5.95 Å². The fourth-order valence-corrected chi connectivity index (χ4v) is 1.93. The third-order valence-corrected chi connectivity index (χ3v) is 3.14. The molecule has 0 aliphatic heterocycles. The standard InChI is InChI=1S/C12H11ClN6/c1-6-2-3-7(4-8(6)13)17-11-9-10(16-5-15-9)18-12(14)19-11/h2-5H,1H3,(H4,14,15,16,17,18,19). The number of rotatable bonds is 2. The summed E-state index contributed by atoms with van der Waals surface area (Å²) in [7, 11) is 0. The van der Waals surface area contributed by atoms with Crippen molar-refractivity contribution >= 4 is 40.2 Å². The second kappa shape index (κ2) is 4.40. The first-order chi connectivity index (χ1) is 9.13. The lowest BCUT2D eigenvalue weighted by Crippen LogP contribution is -2.01. The number of aromatic nitrogens is 4. The fraction of sp³-hybridized carbons (Fsp3) is 0.0833. The van der Waals surface area contributed by atoms with Gasteiger partial charge in [0.15, 0.2) is 11.5 Å². The van der Waals surface area contributed by atoms with Crippen LogP contribution in [0.15, 0.2) is 24.5 Å². The minimum absolute atomic E-state index is 0.167. The van der Waals surface area contributed by atoms with Gasteiger partial charge in [0.2, 0.25) is 5.95 Å². The number of nitrogen functional groups attached to an aromatic ring is 1. The van der Waals surface area contributed by atoms with E-state index in [1.807, 2.05) is 25.1 Å². The van der Waals surface area contributed by atoms with E-state index in [0.717, 1.165) is 11.3 Å². The molecule has 2 heterocycles. The minimum atomic E-state index is 0.167. The van der Waals surface area contributed by atoms with Crippen LogP contribution in [0, 0.1) is 6.92 Å². The van der Waals surface area contributed by atoms with Crippen molar-refractivity contribution in [2.45, 2.75) is 6.92 Å². The average Bonchev–Trinajstić information content (AvgIpc) is 2.82. The number of anilines is 3. The Morgan fingerprint density at radius 1 is 1.32 bits per heavy atom. The number of aromatic amines is 1. The van der Waals surface area contributed by atoms with Gasteiger partial charge < -0.3 is 16.0 Å². The van der Waals surface area contributed by atoms with Crippen LogP contribution in [0.5, 0.6) is 0 Å². The molecule has 6 nitrogen and oxygen atoms in total. The van der Waals surface area contributed by atoms with Crippen LogP contribution < -0.4 is 11.1 Å². The van der Waals surface area contributed by atoms with Gasteiger partial charge in [-0.05, 0) is 24.6 Å². The lowest BCUT2D eigenvalue weighted by atomic mass is 10.2. The van der Waals surface area contributed by atoms with E-state index in [1.54, 1.807) is 6.33 Å². The number of halogens is 1. The highest BCUT2D eigenvalue weighted by molar-refractivity contribution is 6.31. The largest absolute Gasteiger partial charge is 0.368 e. The number of H-pyrrole nitrogens is 1. The SMILES string of the molecule is Cc1ccc(Nc2nc(N)nc3nc[nH]c23)cc1Cl. The summed E-state index contributed by atoms with van der Waals surface area (Å²) >= 11 is 6.09. The number of hydrogen-bond acceptors (Lipinski definition) is 5. The molecule has 4 N–H and O–H groups in total. The molecular weight excluding hydrogens is 264 g/mol. The fourth-order valence-electron chi connectivity index (χ4n) is 1.75. The molecule has 0 unspecified atom stereocenters. The molecule has 2 aromatic heterocycles. The maximum atomic E-state index is 6.09. The van der Waals surface area contributed by atoms with Crippen molar-refractivity contribution in [3.8, 4) is 0 Å². The number of hydrogen-bond donors (Lipinski definition) is 3. The van der Waals surface area contributed by atoms with Crippen molar-refractivity contribution in [1.82, 2.24) is 19.9 Å². The van der Waals surface area contributed by atoms with Crippen molar-refractivity contribution in [2.24, 2.45) is 0 Å². The number of nitrogens with one attached hydrogen (secondary N) is 2. The summed E-state index contributed by atoms with van der Waals surface area (Å²) in [6.07, 6.45) is 1.55. The van der Waals surface area contributed by atoms with Crippen molar-refractivity contribution < 1.29 is 0 Å². The summed E-state index contributed by atoms with van der Waals surface area (Å²) in [4.78, 5) is 15.2. The lowest BCUT2D eigenvalue weighted by Gasteiger charge is -2.08. The smallest absolute Gasteiger partial charge is 0.224 e. The van der Waals surface area contributed by atoms with Gasteiger partial charge in [-0.25, -0.2) is 4.98 Å². The number of fused-ring (bicyclic) bond motifs is 1. The van der Waals surface area contributed by atoms with Gasteiger partial charge in [0.05, 0.1) is 6.33 Å². The number of imidazole rings is 1. The van der Waals surface area contributed by atoms with Crippen molar-refractivity contribution in [1.29, 1.82) is 0 Å². The molecule has 0 saturated heterocycles. The summed E-state index contributed by atoms with van der Waals surface area (Å²) in [5.74, 6) is 0.736. The van der Waals surface area contributed by atoms with Gasteiger partial charge in [0, 0.05) is 10.7 Å². The highest BCUT2D eigenvalue weighted by Gasteiger charge is 2.09. The molecule has 0 radical (unpaired) electrons. The summed E-state index contributed by atoms with van der Waals surface area (Å²) in [5.41, 5.74) is 8.71. The van der Waals surface area contributed by atoms with Gasteiger partial charge >= 0.3 is 0 Å². The average molecular weight is 275 g/mol. The van der Waals surface area contributed by atoms with E-state index in [9.17, 15) is 0 Å². The van der Waals surface area contributed by atoms with Crippen LogP contribution in [0.2, 0.25) is 5.02 Å². The molecule has 3 aromatic rings. The molecule has 19 heavy (non-hydrogen) atoms. The summed E-state index contributed by atoms with van der Waals surface area (Å²) in [6.45, 7) is 1.95. The highest BCUT2D eigenvalue weighted by Crippen LogP contribution is 2.25. The minimum Gasteiger partial charge on any atom is -0.368 e. The first-order valence-electron chi connectivity index (χ1n) is 5.63. The predicted octanol–water partition coefficient (Wildman–Crippen LogP) is 2.64. The van der Waals surface area contributed by atoms with E-state index < -0.39 is 0 Å². The second-order valence-electron chi connectivity index (χ2n) is 4.12. The Balaban J connectivity index is 2.04. The molecule has 0 bridgehead atoms. The topological polar surface area (TPSA) is 92.5 Å². The molecule has 0 aliphatic rings. The molecule has 7 heteroatoms. The Kier molecular flexibility index (Phi) is 2.72. The summed E-state index contributed by atoms with van der Waals surface area (Å²) in [5, 5.41) is 3.84. The zero-order valence-corrected chi connectivity index (χ0v) is 10.9. The van der Waals surface area contributed by atoms with Gasteiger partial charge in [-0.3, -0.25) is 0 Å². The van der Waals surface area contributed by atoms with Crippen LogP contribution in [0.1, 0.15) is 5.56 Å². The number of benzene rings is 1. The zero-order chi connectivity index (χ0) is 13.4. The van der Waals surface area contributed by atoms with Crippen LogP contribution in [0.25, 0.3) is 11.2 Å². The van der Waals surface area contributed by atoms with Gasteiger partial charge in [-0.15, -0.1) is 0 Å². The monoisotopic (exact) mass is 274 g/mol. The Morgan fingerprint density at radius 3 is 2.95 bits per heavy atom. The van der Waals surface area contributed by atoms with E-state index in [0.29, 0.717) is 22.0 Å². The van der Waals surface area contributed by atoms with Gasteiger partial charge in [0.1, 0.15) is 5.52 Å². The van der Waals surface area contributed by atoms with Crippen molar-refractivity contribution in [3.05, 3.63) is 35.1 Å². The number of nitrogens with two attached hydrogens (primary N) is 1. The Labute approximate surface area is 114 Å².